The molecule has 0 saturated carbocycles. The van der Waals surface area contributed by atoms with Crippen molar-refractivity contribution in [2.24, 2.45) is 0 Å². The Bertz CT molecular complexity index is 826. The van der Waals surface area contributed by atoms with Crippen LogP contribution in [0.2, 0.25) is 0 Å². The number of likely N-dealkylation sites (tertiary alicyclic amines) is 1. The number of aryl methyl sites for hydroxylation is 1. The first-order valence-corrected chi connectivity index (χ1v) is 9.57. The normalized spacial score (nSPS) is 17.1. The highest BCUT2D eigenvalue weighted by atomic mass is 16.5. The largest absolute Gasteiger partial charge is 0.462 e. The van der Waals surface area contributed by atoms with E-state index in [9.17, 15) is 9.59 Å². The summed E-state index contributed by atoms with van der Waals surface area (Å²) >= 11 is 0. The maximum absolute atomic E-state index is 12.0. The first-order valence-electron chi connectivity index (χ1n) is 9.57. The van der Waals surface area contributed by atoms with Gasteiger partial charge in [0.1, 0.15) is 0 Å². The second-order valence-electron chi connectivity index (χ2n) is 7.27. The van der Waals surface area contributed by atoms with Gasteiger partial charge in [-0.15, -0.1) is 0 Å². The molecule has 3 rings (SSSR count). The predicted octanol–water partition coefficient (Wildman–Crippen LogP) is 4.36. The van der Waals surface area contributed by atoms with Crippen molar-refractivity contribution in [3.63, 3.8) is 0 Å². The van der Waals surface area contributed by atoms with Gasteiger partial charge in [0.05, 0.1) is 12.2 Å². The van der Waals surface area contributed by atoms with Crippen LogP contribution in [0.4, 0.5) is 0 Å². The van der Waals surface area contributed by atoms with Crippen molar-refractivity contribution in [3.05, 3.63) is 70.3 Å². The fourth-order valence-electron chi connectivity index (χ4n) is 3.75. The molecule has 0 spiro atoms. The van der Waals surface area contributed by atoms with Crippen molar-refractivity contribution < 1.29 is 14.3 Å². The number of carbonyl (C=O) groups is 2. The third-order valence-electron chi connectivity index (χ3n) is 5.27. The van der Waals surface area contributed by atoms with Gasteiger partial charge < -0.3 is 4.74 Å². The van der Waals surface area contributed by atoms with Crippen LogP contribution in [0, 0.1) is 6.92 Å². The zero-order chi connectivity index (χ0) is 19.4. The Morgan fingerprint density at radius 2 is 1.81 bits per heavy atom. The lowest BCUT2D eigenvalue weighted by Gasteiger charge is -2.18. The summed E-state index contributed by atoms with van der Waals surface area (Å²) in [6, 6.07) is 13.7. The van der Waals surface area contributed by atoms with Gasteiger partial charge in [-0.1, -0.05) is 30.3 Å². The zero-order valence-corrected chi connectivity index (χ0v) is 16.3. The van der Waals surface area contributed by atoms with Gasteiger partial charge in [-0.3, -0.25) is 9.69 Å². The predicted molar refractivity (Wildman–Crippen MR) is 106 cm³/mol. The molecule has 4 nitrogen and oxygen atoms in total. The first kappa shape index (κ1) is 19.3. The van der Waals surface area contributed by atoms with Gasteiger partial charge in [-0.05, 0) is 68.5 Å². The van der Waals surface area contributed by atoms with Crippen LogP contribution in [-0.4, -0.2) is 36.3 Å². The summed E-state index contributed by atoms with van der Waals surface area (Å²) < 4.78 is 5.14. The quantitative estimate of drug-likeness (QED) is 0.563. The molecule has 1 aliphatic heterocycles. The number of carbonyl (C=O) groups excluding carboxylic acids is 2. The highest BCUT2D eigenvalue weighted by Crippen LogP contribution is 2.31. The third-order valence-corrected chi connectivity index (χ3v) is 5.27. The van der Waals surface area contributed by atoms with E-state index in [-0.39, 0.29) is 11.8 Å². The van der Waals surface area contributed by atoms with E-state index in [2.05, 4.69) is 11.8 Å². The fourth-order valence-corrected chi connectivity index (χ4v) is 3.75. The monoisotopic (exact) mass is 365 g/mol. The Balaban J connectivity index is 1.67. The number of hydrogen-bond acceptors (Lipinski definition) is 4. The molecular formula is C23H27NO3. The van der Waals surface area contributed by atoms with E-state index >= 15 is 0 Å². The maximum Gasteiger partial charge on any atom is 0.338 e. The van der Waals surface area contributed by atoms with Crippen LogP contribution >= 0.6 is 0 Å². The number of Topliss-reactive ketones (excluding diaryl/α,β-unsaturated/α-hetero) is 1. The van der Waals surface area contributed by atoms with Crippen molar-refractivity contribution >= 4 is 11.8 Å². The Morgan fingerprint density at radius 3 is 2.48 bits per heavy atom. The Morgan fingerprint density at radius 1 is 1.11 bits per heavy atom. The van der Waals surface area contributed by atoms with Gasteiger partial charge in [0.2, 0.25) is 0 Å². The summed E-state index contributed by atoms with van der Waals surface area (Å²) in [5.41, 5.74) is 5.08. The van der Waals surface area contributed by atoms with E-state index in [1.165, 1.54) is 16.7 Å². The van der Waals surface area contributed by atoms with Crippen molar-refractivity contribution in [1.29, 1.82) is 0 Å². The summed E-state index contributed by atoms with van der Waals surface area (Å²) in [6.45, 7) is 8.79. The maximum atomic E-state index is 12.0. The lowest BCUT2D eigenvalue weighted by atomic mass is 9.92. The lowest BCUT2D eigenvalue weighted by Crippen LogP contribution is -2.20. The second-order valence-corrected chi connectivity index (χ2v) is 7.27. The van der Waals surface area contributed by atoms with E-state index in [4.69, 9.17) is 4.74 Å². The van der Waals surface area contributed by atoms with Crippen LogP contribution in [0.15, 0.2) is 42.5 Å². The summed E-state index contributed by atoms with van der Waals surface area (Å²) in [5, 5.41) is 0. The number of ether oxygens (including phenoxy) is 1. The number of rotatable bonds is 6. The Hall–Kier alpha value is -2.46. The van der Waals surface area contributed by atoms with Gasteiger partial charge in [0.25, 0.3) is 0 Å². The molecule has 27 heavy (non-hydrogen) atoms. The van der Waals surface area contributed by atoms with Crippen molar-refractivity contribution in [3.8, 4) is 0 Å². The van der Waals surface area contributed by atoms with Crippen molar-refractivity contribution in [2.45, 2.75) is 39.7 Å². The van der Waals surface area contributed by atoms with Gasteiger partial charge in [0.15, 0.2) is 5.78 Å². The second kappa shape index (κ2) is 8.49. The van der Waals surface area contributed by atoms with E-state index < -0.39 is 0 Å². The van der Waals surface area contributed by atoms with Crippen LogP contribution in [0.5, 0.6) is 0 Å². The minimum Gasteiger partial charge on any atom is -0.462 e. The molecule has 0 radical (unpaired) electrons. The highest BCUT2D eigenvalue weighted by molar-refractivity contribution is 5.94. The number of esters is 1. The number of benzene rings is 2. The lowest BCUT2D eigenvalue weighted by molar-refractivity contribution is 0.0526. The van der Waals surface area contributed by atoms with Crippen LogP contribution in [0.1, 0.15) is 63.6 Å². The molecule has 0 aromatic heterocycles. The summed E-state index contributed by atoms with van der Waals surface area (Å²) in [6.07, 6.45) is 1.08. The SMILES string of the molecule is CCOC(=O)c1ccc(C)c(C2CCN(Cc3ccc(C(C)=O)cc3)C2)c1. The first-order chi connectivity index (χ1) is 13.0. The van der Waals surface area contributed by atoms with Crippen LogP contribution in [0.3, 0.4) is 0 Å². The number of ketones is 1. The standard InChI is InChI=1S/C23H27NO3/c1-4-27-23(26)20-8-5-16(2)22(13-20)21-11-12-24(15-21)14-18-6-9-19(10-7-18)17(3)25/h5-10,13,21H,4,11-12,14-15H2,1-3H3. The van der Waals surface area contributed by atoms with Gasteiger partial charge in [-0.2, -0.15) is 0 Å². The van der Waals surface area contributed by atoms with Crippen LogP contribution in [-0.2, 0) is 11.3 Å². The van der Waals surface area contributed by atoms with E-state index in [1.807, 2.05) is 49.4 Å². The molecular weight excluding hydrogens is 338 g/mol. The summed E-state index contributed by atoms with van der Waals surface area (Å²) in [7, 11) is 0. The molecule has 2 aromatic carbocycles. The molecule has 2 aromatic rings. The van der Waals surface area contributed by atoms with E-state index in [0.29, 0.717) is 18.1 Å². The van der Waals surface area contributed by atoms with Gasteiger partial charge in [0, 0.05) is 18.7 Å². The van der Waals surface area contributed by atoms with Gasteiger partial charge in [-0.25, -0.2) is 4.79 Å². The average Bonchev–Trinajstić information content (AvgIpc) is 3.11. The van der Waals surface area contributed by atoms with Crippen LogP contribution < -0.4 is 0 Å². The van der Waals surface area contributed by atoms with E-state index in [1.54, 1.807) is 6.92 Å². The third kappa shape index (κ3) is 4.64. The molecule has 0 amide bonds. The zero-order valence-electron chi connectivity index (χ0n) is 16.3. The molecule has 1 aliphatic rings. The smallest absolute Gasteiger partial charge is 0.338 e. The summed E-state index contributed by atoms with van der Waals surface area (Å²) in [4.78, 5) is 25.9. The minimum atomic E-state index is -0.251. The molecule has 4 heteroatoms. The Kier molecular flexibility index (Phi) is 6.07. The summed E-state index contributed by atoms with van der Waals surface area (Å²) in [5.74, 6) is 0.273. The molecule has 1 heterocycles. The molecule has 0 N–H and O–H groups in total. The topological polar surface area (TPSA) is 46.6 Å². The minimum absolute atomic E-state index is 0.0970. The van der Waals surface area contributed by atoms with Crippen molar-refractivity contribution in [1.82, 2.24) is 4.90 Å². The molecule has 1 unspecified atom stereocenters. The Labute approximate surface area is 161 Å². The van der Waals surface area contributed by atoms with Gasteiger partial charge >= 0.3 is 5.97 Å². The highest BCUT2D eigenvalue weighted by Gasteiger charge is 2.25. The van der Waals surface area contributed by atoms with Crippen molar-refractivity contribution in [2.75, 3.05) is 19.7 Å². The average molecular weight is 365 g/mol. The van der Waals surface area contributed by atoms with Crippen LogP contribution in [0.25, 0.3) is 0 Å². The molecule has 1 saturated heterocycles. The molecule has 142 valence electrons. The number of nitrogens with zero attached hydrogens (tertiary/aromatic N) is 1. The molecule has 0 aliphatic carbocycles. The molecule has 1 atom stereocenters. The molecule has 1 fully saturated rings. The number of hydrogen-bond donors (Lipinski definition) is 0. The molecule has 0 bridgehead atoms. The van der Waals surface area contributed by atoms with E-state index in [0.717, 1.165) is 31.6 Å². The fraction of sp³-hybridized carbons (Fsp3) is 0.391.